The van der Waals surface area contributed by atoms with Crippen molar-refractivity contribution in [1.29, 1.82) is 5.26 Å². The van der Waals surface area contributed by atoms with Gasteiger partial charge < -0.3 is 4.42 Å². The van der Waals surface area contributed by atoms with Gasteiger partial charge in [-0.3, -0.25) is 0 Å². The van der Waals surface area contributed by atoms with Gasteiger partial charge in [-0.15, -0.1) is 5.10 Å². The Labute approximate surface area is 142 Å². The fraction of sp³-hybridized carbons (Fsp3) is 0.176. The highest BCUT2D eigenvalue weighted by Gasteiger charge is 2.14. The fourth-order valence-corrected chi connectivity index (χ4v) is 2.95. The van der Waals surface area contributed by atoms with Crippen LogP contribution in [-0.2, 0) is 5.75 Å². The molecule has 120 valence electrons. The van der Waals surface area contributed by atoms with Gasteiger partial charge in [0.15, 0.2) is 5.76 Å². The summed E-state index contributed by atoms with van der Waals surface area (Å²) in [6.45, 7) is 3.65. The molecule has 0 amide bonds. The van der Waals surface area contributed by atoms with Crippen molar-refractivity contribution in [2.45, 2.75) is 24.6 Å². The van der Waals surface area contributed by atoms with Crippen LogP contribution in [0.4, 0.5) is 4.39 Å². The van der Waals surface area contributed by atoms with E-state index in [1.54, 1.807) is 18.2 Å². The molecule has 0 atom stereocenters. The number of halogens is 1. The van der Waals surface area contributed by atoms with Crippen LogP contribution in [0, 0.1) is 31.0 Å². The Hall–Kier alpha value is -2.72. The SMILES string of the molecule is Cc1nnc(SCc2ncc(-c3ccccc3F)o2)c(C#N)c1C. The molecule has 5 nitrogen and oxygen atoms in total. The predicted octanol–water partition coefficient (Wildman–Crippen LogP) is 4.05. The quantitative estimate of drug-likeness (QED) is 0.667. The normalized spacial score (nSPS) is 10.6. The molecule has 0 saturated carbocycles. The lowest BCUT2D eigenvalue weighted by atomic mass is 10.1. The highest BCUT2D eigenvalue weighted by molar-refractivity contribution is 7.98. The first-order valence-corrected chi connectivity index (χ1v) is 8.15. The number of hydrogen-bond acceptors (Lipinski definition) is 6. The second-order valence-corrected chi connectivity index (χ2v) is 6.05. The zero-order valence-corrected chi connectivity index (χ0v) is 13.9. The monoisotopic (exact) mass is 340 g/mol. The first-order chi connectivity index (χ1) is 11.6. The fourth-order valence-electron chi connectivity index (χ4n) is 2.11. The molecule has 0 unspecified atom stereocenters. The minimum absolute atomic E-state index is 0.361. The van der Waals surface area contributed by atoms with Crippen LogP contribution in [0.3, 0.4) is 0 Å². The summed E-state index contributed by atoms with van der Waals surface area (Å²) in [7, 11) is 0. The highest BCUT2D eigenvalue weighted by Crippen LogP contribution is 2.28. The standard InChI is InChI=1S/C17H13FN4OS/c1-10-11(2)21-22-17(13(10)7-19)24-9-16-20-8-15(23-16)12-5-3-4-6-14(12)18/h3-6,8H,9H2,1-2H3. The van der Waals surface area contributed by atoms with Gasteiger partial charge in [0.25, 0.3) is 0 Å². The molecule has 0 spiro atoms. The number of thioether (sulfide) groups is 1. The molecular weight excluding hydrogens is 327 g/mol. The van der Waals surface area contributed by atoms with Gasteiger partial charge in [-0.2, -0.15) is 10.4 Å². The number of nitrogens with zero attached hydrogens (tertiary/aromatic N) is 4. The molecule has 24 heavy (non-hydrogen) atoms. The Morgan fingerprint density at radius 2 is 2.04 bits per heavy atom. The van der Waals surface area contributed by atoms with Crippen LogP contribution in [0.5, 0.6) is 0 Å². The summed E-state index contributed by atoms with van der Waals surface area (Å²) < 4.78 is 19.4. The molecule has 1 aromatic carbocycles. The van der Waals surface area contributed by atoms with Gasteiger partial charge in [0.2, 0.25) is 5.89 Å². The van der Waals surface area contributed by atoms with Gasteiger partial charge in [0.05, 0.1) is 28.8 Å². The molecule has 2 heterocycles. The van der Waals surface area contributed by atoms with Crippen molar-refractivity contribution in [1.82, 2.24) is 15.2 Å². The highest BCUT2D eigenvalue weighted by atomic mass is 32.2. The van der Waals surface area contributed by atoms with Crippen LogP contribution in [-0.4, -0.2) is 15.2 Å². The third kappa shape index (κ3) is 3.14. The van der Waals surface area contributed by atoms with Crippen molar-refractivity contribution in [3.8, 4) is 17.4 Å². The maximum atomic E-state index is 13.8. The molecule has 0 aliphatic rings. The van der Waals surface area contributed by atoms with Crippen LogP contribution < -0.4 is 0 Å². The lowest BCUT2D eigenvalue weighted by Crippen LogP contribution is -1.99. The van der Waals surface area contributed by atoms with E-state index in [-0.39, 0.29) is 5.82 Å². The molecule has 3 aromatic rings. The van der Waals surface area contributed by atoms with Crippen LogP contribution in [0.15, 0.2) is 39.9 Å². The lowest BCUT2D eigenvalue weighted by Gasteiger charge is -2.05. The summed E-state index contributed by atoms with van der Waals surface area (Å²) in [5, 5.41) is 17.9. The largest absolute Gasteiger partial charge is 0.440 e. The van der Waals surface area contributed by atoms with Gasteiger partial charge in [-0.05, 0) is 31.5 Å². The average molecular weight is 340 g/mol. The van der Waals surface area contributed by atoms with E-state index in [1.165, 1.54) is 24.0 Å². The van der Waals surface area contributed by atoms with Gasteiger partial charge in [0, 0.05) is 0 Å². The van der Waals surface area contributed by atoms with Gasteiger partial charge in [0.1, 0.15) is 16.9 Å². The Bertz CT molecular complexity index is 933. The summed E-state index contributed by atoms with van der Waals surface area (Å²) in [6.07, 6.45) is 1.49. The molecule has 0 fully saturated rings. The number of hydrogen-bond donors (Lipinski definition) is 0. The number of rotatable bonds is 4. The predicted molar refractivity (Wildman–Crippen MR) is 87.7 cm³/mol. The first kappa shape index (κ1) is 16.1. The van der Waals surface area contributed by atoms with Crippen molar-refractivity contribution >= 4 is 11.8 Å². The summed E-state index contributed by atoms with van der Waals surface area (Å²) in [5.74, 6) is 0.817. The van der Waals surface area contributed by atoms with E-state index in [0.29, 0.717) is 33.6 Å². The zero-order valence-electron chi connectivity index (χ0n) is 13.1. The molecular formula is C17H13FN4OS. The van der Waals surface area contributed by atoms with Crippen LogP contribution in [0.1, 0.15) is 22.7 Å². The third-order valence-electron chi connectivity index (χ3n) is 3.56. The molecule has 0 aliphatic carbocycles. The first-order valence-electron chi connectivity index (χ1n) is 7.16. The Morgan fingerprint density at radius 1 is 1.25 bits per heavy atom. The van der Waals surface area contributed by atoms with E-state index in [2.05, 4.69) is 21.3 Å². The number of benzene rings is 1. The van der Waals surface area contributed by atoms with Crippen molar-refractivity contribution in [3.63, 3.8) is 0 Å². The number of oxazole rings is 1. The Kier molecular flexibility index (Phi) is 4.58. The Balaban J connectivity index is 1.79. The van der Waals surface area contributed by atoms with Gasteiger partial charge in [-0.1, -0.05) is 23.9 Å². The maximum Gasteiger partial charge on any atom is 0.205 e. The lowest BCUT2D eigenvalue weighted by molar-refractivity contribution is 0.524. The topological polar surface area (TPSA) is 75.6 Å². The minimum atomic E-state index is -0.361. The summed E-state index contributed by atoms with van der Waals surface area (Å²) in [5.41, 5.74) is 2.42. The van der Waals surface area contributed by atoms with E-state index >= 15 is 0 Å². The van der Waals surface area contributed by atoms with E-state index in [4.69, 9.17) is 4.42 Å². The molecule has 0 bridgehead atoms. The minimum Gasteiger partial charge on any atom is -0.440 e. The molecule has 0 radical (unpaired) electrons. The second kappa shape index (κ2) is 6.81. The number of aryl methyl sites for hydroxylation is 1. The molecule has 0 aliphatic heterocycles. The van der Waals surface area contributed by atoms with Crippen molar-refractivity contribution in [3.05, 3.63) is 59.0 Å². The molecule has 7 heteroatoms. The molecule has 3 rings (SSSR count). The molecule has 2 aromatic heterocycles. The van der Waals surface area contributed by atoms with E-state index in [0.717, 1.165) is 11.3 Å². The summed E-state index contributed by atoms with van der Waals surface area (Å²) >= 11 is 1.31. The van der Waals surface area contributed by atoms with Gasteiger partial charge in [-0.25, -0.2) is 9.37 Å². The molecule has 0 N–H and O–H groups in total. The third-order valence-corrected chi connectivity index (χ3v) is 4.51. The van der Waals surface area contributed by atoms with Crippen molar-refractivity contribution in [2.24, 2.45) is 0 Å². The number of nitriles is 1. The van der Waals surface area contributed by atoms with Crippen molar-refractivity contribution < 1.29 is 8.81 Å². The number of aromatic nitrogens is 3. The zero-order chi connectivity index (χ0) is 17.1. The average Bonchev–Trinajstić information content (AvgIpc) is 3.05. The van der Waals surface area contributed by atoms with Crippen LogP contribution >= 0.6 is 11.8 Å². The molecule has 0 saturated heterocycles. The second-order valence-electron chi connectivity index (χ2n) is 5.09. The maximum absolute atomic E-state index is 13.8. The van der Waals surface area contributed by atoms with E-state index in [1.807, 2.05) is 13.8 Å². The van der Waals surface area contributed by atoms with Crippen molar-refractivity contribution in [2.75, 3.05) is 0 Å². The summed E-state index contributed by atoms with van der Waals surface area (Å²) in [6, 6.07) is 8.52. The van der Waals surface area contributed by atoms with Gasteiger partial charge >= 0.3 is 0 Å². The van der Waals surface area contributed by atoms with E-state index in [9.17, 15) is 9.65 Å². The summed E-state index contributed by atoms with van der Waals surface area (Å²) in [4.78, 5) is 4.16. The van der Waals surface area contributed by atoms with E-state index < -0.39 is 0 Å². The Morgan fingerprint density at radius 3 is 2.79 bits per heavy atom. The van der Waals surface area contributed by atoms with Crippen LogP contribution in [0.2, 0.25) is 0 Å². The smallest absolute Gasteiger partial charge is 0.205 e. The van der Waals surface area contributed by atoms with Crippen LogP contribution in [0.25, 0.3) is 11.3 Å².